The molecule has 0 aliphatic heterocycles. The predicted molar refractivity (Wildman–Crippen MR) is 70.7 cm³/mol. The van der Waals surface area contributed by atoms with Gasteiger partial charge in [-0.1, -0.05) is 12.2 Å². The van der Waals surface area contributed by atoms with Crippen LogP contribution in [0, 0.1) is 0 Å². The molecule has 0 spiro atoms. The van der Waals surface area contributed by atoms with Gasteiger partial charge in [-0.15, -0.1) is 0 Å². The smallest absolute Gasteiger partial charge is 0.494 e. The van der Waals surface area contributed by atoms with Crippen molar-refractivity contribution in [3.05, 3.63) is 60.0 Å². The van der Waals surface area contributed by atoms with Crippen LogP contribution in [0.25, 0.3) is 0 Å². The van der Waals surface area contributed by atoms with Crippen LogP contribution in [0.2, 0.25) is 0 Å². The molecule has 0 amide bonds. The molecule has 0 saturated heterocycles. The number of phosphoric ester groups is 1. The molecule has 0 bridgehead atoms. The lowest BCUT2D eigenvalue weighted by Gasteiger charge is -2.09. The number of nitrogens with one attached hydrogen (secondary N) is 1. The molecule has 1 aromatic carbocycles. The fourth-order valence-electron chi connectivity index (χ4n) is 1.48. The Morgan fingerprint density at radius 1 is 1.11 bits per heavy atom. The highest BCUT2D eigenvalue weighted by atomic mass is 31.2. The van der Waals surface area contributed by atoms with E-state index in [2.05, 4.69) is 9.84 Å². The van der Waals surface area contributed by atoms with E-state index in [0.717, 1.165) is 0 Å². The maximum Gasteiger partial charge on any atom is 0.524 e. The predicted octanol–water partition coefficient (Wildman–Crippen LogP) is 2.47. The SMILES string of the molecule is O=P(O)(O)Oc1ccc(NC(O)=C2C=CC=C2)cc1. The van der Waals surface area contributed by atoms with Crippen molar-refractivity contribution in [2.75, 3.05) is 5.32 Å². The van der Waals surface area contributed by atoms with Crippen molar-refractivity contribution in [3.63, 3.8) is 0 Å². The molecule has 2 rings (SSSR count). The molecule has 1 aliphatic rings. The lowest BCUT2D eigenvalue weighted by atomic mass is 10.2. The molecule has 19 heavy (non-hydrogen) atoms. The minimum atomic E-state index is -4.54. The lowest BCUT2D eigenvalue weighted by molar-refractivity contribution is 0.283. The first kappa shape index (κ1) is 13.4. The van der Waals surface area contributed by atoms with E-state index in [1.165, 1.54) is 24.3 Å². The summed E-state index contributed by atoms with van der Waals surface area (Å²) in [5, 5.41) is 12.5. The van der Waals surface area contributed by atoms with Crippen LogP contribution in [-0.4, -0.2) is 14.9 Å². The molecular weight excluding hydrogens is 269 g/mol. The number of hydrogen-bond donors (Lipinski definition) is 4. The first-order valence-electron chi connectivity index (χ1n) is 5.34. The summed E-state index contributed by atoms with van der Waals surface area (Å²) in [5.74, 6) is 0.0420. The van der Waals surface area contributed by atoms with Crippen LogP contribution >= 0.6 is 7.82 Å². The van der Waals surface area contributed by atoms with Crippen molar-refractivity contribution < 1.29 is 24.0 Å². The van der Waals surface area contributed by atoms with Gasteiger partial charge in [0.05, 0.1) is 0 Å². The Morgan fingerprint density at radius 2 is 1.68 bits per heavy atom. The molecule has 0 atom stereocenters. The minimum Gasteiger partial charge on any atom is -0.494 e. The number of benzene rings is 1. The third-order valence-electron chi connectivity index (χ3n) is 2.28. The second kappa shape index (κ2) is 5.32. The van der Waals surface area contributed by atoms with Crippen molar-refractivity contribution in [1.29, 1.82) is 0 Å². The van der Waals surface area contributed by atoms with Gasteiger partial charge in [0.1, 0.15) is 5.75 Å². The molecule has 0 saturated carbocycles. The highest BCUT2D eigenvalue weighted by Gasteiger charge is 2.15. The van der Waals surface area contributed by atoms with E-state index >= 15 is 0 Å². The normalized spacial score (nSPS) is 13.7. The van der Waals surface area contributed by atoms with E-state index in [-0.39, 0.29) is 11.6 Å². The number of anilines is 1. The first-order valence-corrected chi connectivity index (χ1v) is 6.87. The maximum absolute atomic E-state index is 10.6. The van der Waals surface area contributed by atoms with Gasteiger partial charge in [-0.05, 0) is 36.4 Å². The van der Waals surface area contributed by atoms with Gasteiger partial charge in [-0.3, -0.25) is 9.79 Å². The van der Waals surface area contributed by atoms with Gasteiger partial charge in [0, 0.05) is 11.3 Å². The summed E-state index contributed by atoms with van der Waals surface area (Å²) in [5.41, 5.74) is 1.22. The van der Waals surface area contributed by atoms with Crippen LogP contribution in [0.5, 0.6) is 5.75 Å². The zero-order chi connectivity index (χ0) is 13.9. The van der Waals surface area contributed by atoms with E-state index in [9.17, 15) is 9.67 Å². The van der Waals surface area contributed by atoms with Crippen LogP contribution in [0.1, 0.15) is 0 Å². The Morgan fingerprint density at radius 3 is 2.21 bits per heavy atom. The number of aliphatic hydroxyl groups excluding tert-OH is 1. The van der Waals surface area contributed by atoms with E-state index in [0.29, 0.717) is 11.3 Å². The number of rotatable bonds is 4. The van der Waals surface area contributed by atoms with Gasteiger partial charge in [-0.25, -0.2) is 4.57 Å². The molecule has 6 nitrogen and oxygen atoms in total. The third-order valence-corrected chi connectivity index (χ3v) is 2.73. The summed E-state index contributed by atoms with van der Waals surface area (Å²) in [6, 6.07) is 5.84. The fraction of sp³-hybridized carbons (Fsp3) is 0. The Hall–Kier alpha value is -2.01. The molecular formula is C12H12NO5P. The van der Waals surface area contributed by atoms with Crippen LogP contribution in [-0.2, 0) is 4.57 Å². The van der Waals surface area contributed by atoms with Gasteiger partial charge in [0.15, 0.2) is 5.88 Å². The largest absolute Gasteiger partial charge is 0.524 e. The molecule has 0 radical (unpaired) electrons. The highest BCUT2D eigenvalue weighted by Crippen LogP contribution is 2.37. The Kier molecular flexibility index (Phi) is 3.76. The second-order valence-electron chi connectivity index (χ2n) is 3.75. The van der Waals surface area contributed by atoms with Gasteiger partial charge < -0.3 is 14.9 Å². The summed E-state index contributed by atoms with van der Waals surface area (Å²) >= 11 is 0. The van der Waals surface area contributed by atoms with Crippen molar-refractivity contribution in [1.82, 2.24) is 0 Å². The highest BCUT2D eigenvalue weighted by molar-refractivity contribution is 7.46. The molecule has 0 unspecified atom stereocenters. The molecule has 0 heterocycles. The number of allylic oxidation sites excluding steroid dienone is 5. The van der Waals surface area contributed by atoms with E-state index in [1.807, 2.05) is 0 Å². The van der Waals surface area contributed by atoms with Crippen LogP contribution in [0.4, 0.5) is 5.69 Å². The van der Waals surface area contributed by atoms with Gasteiger partial charge in [-0.2, -0.15) is 0 Å². The summed E-state index contributed by atoms with van der Waals surface area (Å²) in [6.07, 6.45) is 7.08. The summed E-state index contributed by atoms with van der Waals surface area (Å²) in [7, 11) is -4.54. The van der Waals surface area contributed by atoms with Gasteiger partial charge >= 0.3 is 7.82 Å². The van der Waals surface area contributed by atoms with E-state index in [4.69, 9.17) is 9.79 Å². The third kappa shape index (κ3) is 3.99. The standard InChI is InChI=1S/C12H12NO5P/c14-12(9-3-1-2-4-9)13-10-5-7-11(8-6-10)18-19(15,16)17/h1-8,13-14H,(H2,15,16,17). The average Bonchev–Trinajstić information content (AvgIpc) is 2.83. The van der Waals surface area contributed by atoms with Crippen molar-refractivity contribution in [2.45, 2.75) is 0 Å². The molecule has 100 valence electrons. The molecule has 7 heteroatoms. The second-order valence-corrected chi connectivity index (χ2v) is 4.92. The molecule has 0 fully saturated rings. The van der Waals surface area contributed by atoms with Crippen LogP contribution < -0.4 is 9.84 Å². The van der Waals surface area contributed by atoms with E-state index in [1.54, 1.807) is 24.3 Å². The Bertz CT molecular complexity index is 583. The Balaban J connectivity index is 2.07. The average molecular weight is 281 g/mol. The molecule has 1 aliphatic carbocycles. The van der Waals surface area contributed by atoms with Gasteiger partial charge in [0.2, 0.25) is 0 Å². The zero-order valence-electron chi connectivity index (χ0n) is 9.72. The molecule has 0 aromatic heterocycles. The van der Waals surface area contributed by atoms with Gasteiger partial charge in [0.25, 0.3) is 0 Å². The Labute approximate surface area is 109 Å². The van der Waals surface area contributed by atoms with Crippen molar-refractivity contribution in [3.8, 4) is 5.75 Å². The summed E-state index contributed by atoms with van der Waals surface area (Å²) in [4.78, 5) is 17.3. The number of hydrogen-bond acceptors (Lipinski definition) is 4. The van der Waals surface area contributed by atoms with Crippen LogP contribution in [0.3, 0.4) is 0 Å². The first-order chi connectivity index (χ1) is 8.94. The minimum absolute atomic E-state index is 0.00587. The van der Waals surface area contributed by atoms with Crippen molar-refractivity contribution in [2.24, 2.45) is 0 Å². The summed E-state index contributed by atoms with van der Waals surface area (Å²) in [6.45, 7) is 0. The summed E-state index contributed by atoms with van der Waals surface area (Å²) < 4.78 is 15.0. The monoisotopic (exact) mass is 281 g/mol. The number of aliphatic hydroxyl groups is 1. The quantitative estimate of drug-likeness (QED) is 0.500. The van der Waals surface area contributed by atoms with Crippen molar-refractivity contribution >= 4 is 13.5 Å². The maximum atomic E-state index is 10.6. The fourth-order valence-corrected chi connectivity index (χ4v) is 1.87. The molecule has 1 aromatic rings. The lowest BCUT2D eigenvalue weighted by Crippen LogP contribution is -2.00. The zero-order valence-corrected chi connectivity index (χ0v) is 10.6. The van der Waals surface area contributed by atoms with Crippen LogP contribution in [0.15, 0.2) is 60.0 Å². The van der Waals surface area contributed by atoms with E-state index < -0.39 is 7.82 Å². The number of phosphoric acid groups is 1. The molecule has 4 N–H and O–H groups in total. The topological polar surface area (TPSA) is 99.0 Å².